The van der Waals surface area contributed by atoms with Crippen LogP contribution in [0.15, 0.2) is 18.2 Å². The van der Waals surface area contributed by atoms with E-state index in [2.05, 4.69) is 15.2 Å². The van der Waals surface area contributed by atoms with Crippen LogP contribution in [-0.2, 0) is 0 Å². The summed E-state index contributed by atoms with van der Waals surface area (Å²) in [5, 5.41) is 8.56. The number of benzene rings is 1. The Balaban J connectivity index is 2.32. The highest BCUT2D eigenvalue weighted by molar-refractivity contribution is 7.23. The molecule has 0 aliphatic heterocycles. The van der Waals surface area contributed by atoms with E-state index in [0.29, 0.717) is 15.9 Å². The van der Waals surface area contributed by atoms with E-state index in [1.807, 2.05) is 12.1 Å². The van der Waals surface area contributed by atoms with Gasteiger partial charge in [-0.05, 0) is 12.1 Å². The van der Waals surface area contributed by atoms with Gasteiger partial charge in [-0.3, -0.25) is 5.10 Å². The number of fused-ring (bicyclic) bond motifs is 1. The molecule has 2 heterocycles. The quantitative estimate of drug-likeness (QED) is 0.718. The normalized spacial score (nSPS) is 11.2. The maximum absolute atomic E-state index is 6.30. The molecule has 2 aromatic heterocycles. The third-order valence-electron chi connectivity index (χ3n) is 2.32. The highest BCUT2D eigenvalue weighted by atomic mass is 35.5. The van der Waals surface area contributed by atoms with Gasteiger partial charge in [0.2, 0.25) is 5.95 Å². The van der Waals surface area contributed by atoms with E-state index in [1.54, 1.807) is 6.07 Å². The second-order valence-electron chi connectivity index (χ2n) is 3.40. The van der Waals surface area contributed by atoms with Crippen molar-refractivity contribution in [2.24, 2.45) is 0 Å². The molecule has 0 amide bonds. The molecule has 0 spiro atoms. The van der Waals surface area contributed by atoms with Crippen molar-refractivity contribution in [2.75, 3.05) is 5.73 Å². The Morgan fingerprint density at radius 1 is 1.29 bits per heavy atom. The first-order valence-corrected chi connectivity index (χ1v) is 6.29. The van der Waals surface area contributed by atoms with Gasteiger partial charge in [0.15, 0.2) is 5.82 Å². The van der Waals surface area contributed by atoms with Crippen LogP contribution in [0, 0.1) is 0 Å². The van der Waals surface area contributed by atoms with Crippen LogP contribution >= 0.6 is 34.5 Å². The summed E-state index contributed by atoms with van der Waals surface area (Å²) in [5.74, 6) is 0.754. The van der Waals surface area contributed by atoms with Gasteiger partial charge in [-0.1, -0.05) is 29.3 Å². The molecule has 0 saturated heterocycles. The Morgan fingerprint density at radius 3 is 2.76 bits per heavy atom. The van der Waals surface area contributed by atoms with Crippen molar-refractivity contribution in [1.82, 2.24) is 15.2 Å². The predicted molar refractivity (Wildman–Crippen MR) is 71.6 cm³/mol. The van der Waals surface area contributed by atoms with Gasteiger partial charge in [0.1, 0.15) is 0 Å². The number of anilines is 1. The third kappa shape index (κ3) is 1.67. The largest absolute Gasteiger partial charge is 0.366 e. The minimum atomic E-state index is 0.194. The Labute approximate surface area is 110 Å². The Morgan fingerprint density at radius 2 is 2.12 bits per heavy atom. The van der Waals surface area contributed by atoms with E-state index in [4.69, 9.17) is 28.9 Å². The van der Waals surface area contributed by atoms with Gasteiger partial charge >= 0.3 is 0 Å². The smallest absolute Gasteiger partial charge is 0.239 e. The van der Waals surface area contributed by atoms with Gasteiger partial charge in [-0.25, -0.2) is 0 Å². The lowest BCUT2D eigenvalue weighted by molar-refractivity contribution is 1.11. The van der Waals surface area contributed by atoms with E-state index < -0.39 is 0 Å². The molecule has 1 aromatic carbocycles. The van der Waals surface area contributed by atoms with Gasteiger partial charge in [0.25, 0.3) is 0 Å². The average Bonchev–Trinajstić information content (AvgIpc) is 2.84. The SMILES string of the molecule is Nc1n[nH]c(-c2sc3cccc(Cl)c3c2Cl)n1. The van der Waals surface area contributed by atoms with Crippen molar-refractivity contribution in [3.63, 3.8) is 0 Å². The van der Waals surface area contributed by atoms with Crippen molar-refractivity contribution >= 4 is 50.6 Å². The number of nitrogens with two attached hydrogens (primary N) is 1. The molecule has 0 atom stereocenters. The minimum absolute atomic E-state index is 0.194. The molecular weight excluding hydrogens is 279 g/mol. The van der Waals surface area contributed by atoms with Crippen molar-refractivity contribution in [3.8, 4) is 10.7 Å². The lowest BCUT2D eigenvalue weighted by Gasteiger charge is -1.93. The molecule has 0 unspecified atom stereocenters. The number of H-pyrrole nitrogens is 1. The van der Waals surface area contributed by atoms with Gasteiger partial charge in [-0.15, -0.1) is 16.4 Å². The number of nitrogens with one attached hydrogen (secondary N) is 1. The third-order valence-corrected chi connectivity index (χ3v) is 4.29. The first kappa shape index (κ1) is 10.8. The summed E-state index contributed by atoms with van der Waals surface area (Å²) in [7, 11) is 0. The first-order valence-electron chi connectivity index (χ1n) is 4.71. The molecule has 3 N–H and O–H groups in total. The van der Waals surface area contributed by atoms with Gasteiger partial charge in [-0.2, -0.15) is 4.98 Å². The Kier molecular flexibility index (Phi) is 2.47. The minimum Gasteiger partial charge on any atom is -0.366 e. The van der Waals surface area contributed by atoms with Crippen LogP contribution in [0.25, 0.3) is 20.8 Å². The molecule has 0 bridgehead atoms. The van der Waals surface area contributed by atoms with E-state index in [9.17, 15) is 0 Å². The maximum Gasteiger partial charge on any atom is 0.239 e. The van der Waals surface area contributed by atoms with Gasteiger partial charge in [0.05, 0.1) is 14.9 Å². The number of nitrogens with zero attached hydrogens (tertiary/aromatic N) is 2. The highest BCUT2D eigenvalue weighted by Gasteiger charge is 2.16. The van der Waals surface area contributed by atoms with Crippen molar-refractivity contribution in [1.29, 1.82) is 0 Å². The van der Waals surface area contributed by atoms with Crippen LogP contribution in [0.1, 0.15) is 0 Å². The monoisotopic (exact) mass is 284 g/mol. The summed E-state index contributed by atoms with van der Waals surface area (Å²) >= 11 is 13.9. The van der Waals surface area contributed by atoms with Crippen LogP contribution in [0.2, 0.25) is 10.0 Å². The molecular formula is C10H6Cl2N4S. The standard InChI is InChI=1S/C10H6Cl2N4S/c11-4-2-1-3-5-6(4)7(12)8(17-5)9-14-10(13)16-15-9/h1-3H,(H3,13,14,15,16). The topological polar surface area (TPSA) is 67.6 Å². The molecule has 4 nitrogen and oxygen atoms in total. The summed E-state index contributed by atoms with van der Waals surface area (Å²) in [4.78, 5) is 4.85. The lowest BCUT2D eigenvalue weighted by Crippen LogP contribution is -1.85. The second-order valence-corrected chi connectivity index (χ2v) is 5.24. The summed E-state index contributed by atoms with van der Waals surface area (Å²) < 4.78 is 1.01. The predicted octanol–water partition coefficient (Wildman–Crippen LogP) is 3.58. The van der Waals surface area contributed by atoms with Crippen LogP contribution in [0.3, 0.4) is 0 Å². The van der Waals surface area contributed by atoms with E-state index in [-0.39, 0.29) is 5.95 Å². The number of aromatic amines is 1. The number of halogens is 2. The van der Waals surface area contributed by atoms with E-state index in [1.165, 1.54) is 11.3 Å². The van der Waals surface area contributed by atoms with Crippen molar-refractivity contribution in [3.05, 3.63) is 28.2 Å². The fourth-order valence-electron chi connectivity index (χ4n) is 1.60. The molecule has 7 heteroatoms. The number of aromatic nitrogens is 3. The maximum atomic E-state index is 6.30. The molecule has 17 heavy (non-hydrogen) atoms. The van der Waals surface area contributed by atoms with Gasteiger partial charge in [0, 0.05) is 10.1 Å². The van der Waals surface area contributed by atoms with E-state index >= 15 is 0 Å². The zero-order valence-corrected chi connectivity index (χ0v) is 10.7. The van der Waals surface area contributed by atoms with E-state index in [0.717, 1.165) is 15.0 Å². The zero-order valence-electron chi connectivity index (χ0n) is 8.37. The van der Waals surface area contributed by atoms with Crippen molar-refractivity contribution < 1.29 is 0 Å². The summed E-state index contributed by atoms with van der Waals surface area (Å²) in [5.41, 5.74) is 5.47. The molecule has 86 valence electrons. The van der Waals surface area contributed by atoms with Crippen LogP contribution in [-0.4, -0.2) is 15.2 Å². The number of nitrogen functional groups attached to an aromatic ring is 1. The van der Waals surface area contributed by atoms with Crippen LogP contribution in [0.5, 0.6) is 0 Å². The van der Waals surface area contributed by atoms with Crippen LogP contribution in [0.4, 0.5) is 5.95 Å². The molecule has 3 aromatic rings. The number of hydrogen-bond acceptors (Lipinski definition) is 4. The summed E-state index contributed by atoms with van der Waals surface area (Å²) in [6.07, 6.45) is 0. The van der Waals surface area contributed by atoms with Crippen LogP contribution < -0.4 is 5.73 Å². The fraction of sp³-hybridized carbons (Fsp3) is 0. The molecule has 0 radical (unpaired) electrons. The molecule has 3 rings (SSSR count). The Hall–Kier alpha value is -1.30. The zero-order chi connectivity index (χ0) is 12.0. The molecule has 0 saturated carbocycles. The fourth-order valence-corrected chi connectivity index (χ4v) is 3.50. The van der Waals surface area contributed by atoms with Gasteiger partial charge < -0.3 is 5.73 Å². The summed E-state index contributed by atoms with van der Waals surface area (Å²) in [6, 6.07) is 5.65. The number of rotatable bonds is 1. The second kappa shape index (κ2) is 3.87. The average molecular weight is 285 g/mol. The first-order chi connectivity index (χ1) is 8.16. The number of thiophene rings is 1. The lowest BCUT2D eigenvalue weighted by atomic mass is 10.2. The van der Waals surface area contributed by atoms with Crippen molar-refractivity contribution in [2.45, 2.75) is 0 Å². The molecule has 0 aliphatic rings. The highest BCUT2D eigenvalue weighted by Crippen LogP contribution is 2.43. The number of hydrogen-bond donors (Lipinski definition) is 2. The summed E-state index contributed by atoms with van der Waals surface area (Å²) in [6.45, 7) is 0. The molecule has 0 aliphatic carbocycles. The Bertz CT molecular complexity index is 703. The molecule has 0 fully saturated rings.